The summed E-state index contributed by atoms with van der Waals surface area (Å²) in [6, 6.07) is 7.81. The molecule has 2 nitrogen and oxygen atoms in total. The first kappa shape index (κ1) is 12.2. The lowest BCUT2D eigenvalue weighted by molar-refractivity contribution is 0.0942. The lowest BCUT2D eigenvalue weighted by Gasteiger charge is -2.15. The van der Waals surface area contributed by atoms with Crippen LogP contribution in [0.2, 0.25) is 0 Å². The highest BCUT2D eigenvalue weighted by atomic mass is 79.9. The van der Waals surface area contributed by atoms with Crippen molar-refractivity contribution < 1.29 is 4.79 Å². The molecule has 18 heavy (non-hydrogen) atoms. The third kappa shape index (κ3) is 2.46. The van der Waals surface area contributed by atoms with Crippen LogP contribution in [0.15, 0.2) is 24.3 Å². The fourth-order valence-electron chi connectivity index (χ4n) is 2.69. The first-order valence-electron chi connectivity index (χ1n) is 6.67. The van der Waals surface area contributed by atoms with Crippen LogP contribution in [0.3, 0.4) is 0 Å². The largest absolute Gasteiger partial charge is 0.351 e. The second kappa shape index (κ2) is 4.69. The number of amides is 1. The molecule has 0 saturated heterocycles. The Balaban J connectivity index is 1.57. The zero-order chi connectivity index (χ0) is 12.6. The predicted molar refractivity (Wildman–Crippen MR) is 75.8 cm³/mol. The second-order valence-corrected chi connectivity index (χ2v) is 6.21. The van der Waals surface area contributed by atoms with Crippen LogP contribution in [-0.4, -0.2) is 12.5 Å². The van der Waals surface area contributed by atoms with Gasteiger partial charge in [-0.3, -0.25) is 4.79 Å². The van der Waals surface area contributed by atoms with Crippen LogP contribution in [0.4, 0.5) is 0 Å². The van der Waals surface area contributed by atoms with Crippen LogP contribution in [0.1, 0.15) is 41.6 Å². The molecule has 2 aliphatic carbocycles. The molecule has 1 aromatic carbocycles. The van der Waals surface area contributed by atoms with E-state index in [-0.39, 0.29) is 5.91 Å². The Bertz CT molecular complexity index is 446. The molecule has 2 saturated carbocycles. The highest BCUT2D eigenvalue weighted by molar-refractivity contribution is 9.08. The SMILES string of the molecule is O=C(NCC1(C2CC2)CC1)c1ccc(CBr)cc1. The molecule has 3 rings (SSSR count). The summed E-state index contributed by atoms with van der Waals surface area (Å²) in [5.41, 5.74) is 2.44. The third-order valence-electron chi connectivity index (χ3n) is 4.31. The minimum atomic E-state index is 0.0723. The fourth-order valence-corrected chi connectivity index (χ4v) is 3.06. The maximum Gasteiger partial charge on any atom is 0.251 e. The number of alkyl halides is 1. The van der Waals surface area contributed by atoms with Gasteiger partial charge in [-0.25, -0.2) is 0 Å². The van der Waals surface area contributed by atoms with Gasteiger partial charge in [0.25, 0.3) is 5.91 Å². The number of carbonyl (C=O) groups is 1. The van der Waals surface area contributed by atoms with Crippen molar-refractivity contribution in [2.24, 2.45) is 11.3 Å². The first-order chi connectivity index (χ1) is 8.73. The third-order valence-corrected chi connectivity index (χ3v) is 4.95. The molecule has 0 heterocycles. The number of benzene rings is 1. The molecule has 0 spiro atoms. The summed E-state index contributed by atoms with van der Waals surface area (Å²) >= 11 is 3.41. The van der Waals surface area contributed by atoms with Gasteiger partial charge in [-0.1, -0.05) is 28.1 Å². The topological polar surface area (TPSA) is 29.1 Å². The van der Waals surface area contributed by atoms with Gasteiger partial charge in [0.15, 0.2) is 0 Å². The van der Waals surface area contributed by atoms with Gasteiger partial charge in [0, 0.05) is 17.4 Å². The van der Waals surface area contributed by atoms with Crippen molar-refractivity contribution in [1.82, 2.24) is 5.32 Å². The molecule has 0 atom stereocenters. The Morgan fingerprint density at radius 1 is 1.28 bits per heavy atom. The summed E-state index contributed by atoms with van der Waals surface area (Å²) < 4.78 is 0. The Morgan fingerprint density at radius 3 is 2.44 bits per heavy atom. The Hall–Kier alpha value is -0.830. The van der Waals surface area contributed by atoms with Crippen molar-refractivity contribution in [2.75, 3.05) is 6.54 Å². The standard InChI is InChI=1S/C15H18BrNO/c16-9-11-1-3-12(4-2-11)14(18)17-10-15(7-8-15)13-5-6-13/h1-4,13H,5-10H2,(H,17,18). The van der Waals surface area contributed by atoms with Gasteiger partial charge in [-0.15, -0.1) is 0 Å². The molecule has 0 aliphatic heterocycles. The minimum absolute atomic E-state index is 0.0723. The van der Waals surface area contributed by atoms with Gasteiger partial charge < -0.3 is 5.32 Å². The molecule has 1 amide bonds. The van der Waals surface area contributed by atoms with E-state index in [0.717, 1.165) is 23.4 Å². The molecule has 96 valence electrons. The van der Waals surface area contributed by atoms with Gasteiger partial charge in [0.2, 0.25) is 0 Å². The van der Waals surface area contributed by atoms with Gasteiger partial charge in [0.05, 0.1) is 0 Å². The molecule has 1 aromatic rings. The van der Waals surface area contributed by atoms with E-state index < -0.39 is 0 Å². The maximum atomic E-state index is 12.0. The summed E-state index contributed by atoms with van der Waals surface area (Å²) in [5, 5.41) is 3.94. The molecule has 2 aliphatic rings. The molecule has 0 unspecified atom stereocenters. The quantitative estimate of drug-likeness (QED) is 0.829. The molecule has 0 radical (unpaired) electrons. The second-order valence-electron chi connectivity index (χ2n) is 5.65. The molecule has 1 N–H and O–H groups in total. The molecule has 3 heteroatoms. The lowest BCUT2D eigenvalue weighted by atomic mass is 10.0. The average Bonchev–Trinajstić information content (AvgIpc) is 3.28. The van der Waals surface area contributed by atoms with Crippen LogP contribution < -0.4 is 5.32 Å². The van der Waals surface area contributed by atoms with E-state index in [9.17, 15) is 4.79 Å². The van der Waals surface area contributed by atoms with E-state index in [2.05, 4.69) is 21.2 Å². The van der Waals surface area contributed by atoms with Crippen LogP contribution in [0.25, 0.3) is 0 Å². The van der Waals surface area contributed by atoms with E-state index in [1.807, 2.05) is 24.3 Å². The van der Waals surface area contributed by atoms with E-state index in [1.54, 1.807) is 0 Å². The van der Waals surface area contributed by atoms with Crippen LogP contribution in [-0.2, 0) is 5.33 Å². The number of halogens is 1. The highest BCUT2D eigenvalue weighted by Crippen LogP contribution is 2.60. The normalized spacial score (nSPS) is 20.5. The van der Waals surface area contributed by atoms with E-state index in [4.69, 9.17) is 0 Å². The number of nitrogens with one attached hydrogen (secondary N) is 1. The van der Waals surface area contributed by atoms with Gasteiger partial charge in [-0.2, -0.15) is 0 Å². The Morgan fingerprint density at radius 2 is 1.94 bits per heavy atom. The van der Waals surface area contributed by atoms with E-state index in [0.29, 0.717) is 5.41 Å². The molecule has 0 bridgehead atoms. The van der Waals surface area contributed by atoms with Crippen molar-refractivity contribution in [2.45, 2.75) is 31.0 Å². The molecular formula is C15H18BrNO. The van der Waals surface area contributed by atoms with Crippen molar-refractivity contribution in [3.05, 3.63) is 35.4 Å². The van der Waals surface area contributed by atoms with Crippen LogP contribution in [0.5, 0.6) is 0 Å². The number of hydrogen-bond donors (Lipinski definition) is 1. The monoisotopic (exact) mass is 307 g/mol. The average molecular weight is 308 g/mol. The zero-order valence-corrected chi connectivity index (χ0v) is 12.0. The lowest BCUT2D eigenvalue weighted by Crippen LogP contribution is -2.31. The molecular weight excluding hydrogens is 290 g/mol. The zero-order valence-electron chi connectivity index (χ0n) is 10.4. The number of carbonyl (C=O) groups excluding carboxylic acids is 1. The van der Waals surface area contributed by atoms with Crippen LogP contribution in [0, 0.1) is 11.3 Å². The molecule has 2 fully saturated rings. The summed E-state index contributed by atoms with van der Waals surface area (Å²) in [6.45, 7) is 0.872. The van der Waals surface area contributed by atoms with Crippen molar-refractivity contribution in [3.63, 3.8) is 0 Å². The van der Waals surface area contributed by atoms with Crippen molar-refractivity contribution in [1.29, 1.82) is 0 Å². The Kier molecular flexibility index (Phi) is 3.18. The van der Waals surface area contributed by atoms with E-state index in [1.165, 1.54) is 31.2 Å². The first-order valence-corrected chi connectivity index (χ1v) is 7.79. The molecule has 0 aromatic heterocycles. The smallest absolute Gasteiger partial charge is 0.251 e. The van der Waals surface area contributed by atoms with Gasteiger partial charge in [0.1, 0.15) is 0 Å². The van der Waals surface area contributed by atoms with Gasteiger partial charge >= 0.3 is 0 Å². The van der Waals surface area contributed by atoms with Crippen molar-refractivity contribution in [3.8, 4) is 0 Å². The summed E-state index contributed by atoms with van der Waals surface area (Å²) in [4.78, 5) is 12.0. The number of hydrogen-bond acceptors (Lipinski definition) is 1. The summed E-state index contributed by atoms with van der Waals surface area (Å²) in [7, 11) is 0. The van der Waals surface area contributed by atoms with Crippen molar-refractivity contribution >= 4 is 21.8 Å². The van der Waals surface area contributed by atoms with Crippen LogP contribution >= 0.6 is 15.9 Å². The Labute approximate surface area is 116 Å². The summed E-state index contributed by atoms with van der Waals surface area (Å²) in [6.07, 6.45) is 5.35. The fraction of sp³-hybridized carbons (Fsp3) is 0.533. The number of rotatable bonds is 5. The minimum Gasteiger partial charge on any atom is -0.351 e. The summed E-state index contributed by atoms with van der Waals surface area (Å²) in [5.74, 6) is 0.969. The van der Waals surface area contributed by atoms with E-state index >= 15 is 0 Å². The highest BCUT2D eigenvalue weighted by Gasteiger charge is 2.53. The predicted octanol–water partition coefficient (Wildman–Crippen LogP) is 3.50. The maximum absolute atomic E-state index is 12.0. The van der Waals surface area contributed by atoms with Gasteiger partial charge in [-0.05, 0) is 54.7 Å².